The normalized spacial score (nSPS) is 16.9. The lowest BCUT2D eigenvalue weighted by Gasteiger charge is -2.33. The van der Waals surface area contributed by atoms with Crippen molar-refractivity contribution in [2.45, 2.75) is 90.5 Å². The van der Waals surface area contributed by atoms with Crippen molar-refractivity contribution in [1.29, 1.82) is 0 Å². The molecule has 2 heterocycles. The second kappa shape index (κ2) is 12.5. The summed E-state index contributed by atoms with van der Waals surface area (Å²) >= 11 is 0. The van der Waals surface area contributed by atoms with Gasteiger partial charge >= 0.3 is 18.4 Å². The van der Waals surface area contributed by atoms with Crippen molar-refractivity contribution in [1.82, 2.24) is 20.2 Å². The lowest BCUT2D eigenvalue weighted by molar-refractivity contribution is -0.143. The third-order valence-electron chi connectivity index (χ3n) is 8.05. The van der Waals surface area contributed by atoms with Crippen molar-refractivity contribution in [2.24, 2.45) is 0 Å². The summed E-state index contributed by atoms with van der Waals surface area (Å²) < 4.78 is 88.3. The van der Waals surface area contributed by atoms with Crippen LogP contribution in [0.2, 0.25) is 0 Å². The van der Waals surface area contributed by atoms with Crippen LogP contribution in [-0.2, 0) is 43.0 Å². The van der Waals surface area contributed by atoms with Crippen LogP contribution in [-0.4, -0.2) is 50.7 Å². The molecule has 1 aromatic heterocycles. The number of benzene rings is 2. The molecule has 3 aromatic rings. The molecule has 1 atom stereocenters. The number of halogens is 6. The molecule has 0 spiro atoms. The lowest BCUT2D eigenvalue weighted by atomic mass is 9.91. The van der Waals surface area contributed by atoms with Gasteiger partial charge in [-0.1, -0.05) is 11.2 Å². The van der Waals surface area contributed by atoms with E-state index in [1.165, 1.54) is 4.90 Å². The molecule has 0 bridgehead atoms. The predicted molar refractivity (Wildman–Crippen MR) is 152 cm³/mol. The van der Waals surface area contributed by atoms with Crippen molar-refractivity contribution < 1.29 is 41.0 Å². The SMILES string of the molecule is Cc1cc2c(c3c1CCC3)N(C(=O)OC(C)C)CCCC2N(Cc1cc(C(F)(F)F)cc(C(F)(F)F)c1)c1nnn(CCO)n1. The van der Waals surface area contributed by atoms with Gasteiger partial charge in [0.1, 0.15) is 0 Å². The zero-order valence-electron chi connectivity index (χ0n) is 25.0. The van der Waals surface area contributed by atoms with E-state index >= 15 is 0 Å². The van der Waals surface area contributed by atoms with Crippen LogP contribution in [0, 0.1) is 6.92 Å². The summed E-state index contributed by atoms with van der Waals surface area (Å²) in [7, 11) is 0. The minimum absolute atomic E-state index is 0.0225. The number of fused-ring (bicyclic) bond motifs is 3. The summed E-state index contributed by atoms with van der Waals surface area (Å²) in [4.78, 5) is 17.6. The molecule has 9 nitrogen and oxygen atoms in total. The minimum atomic E-state index is -5.02. The second-order valence-electron chi connectivity index (χ2n) is 11.6. The number of carbonyl (C=O) groups excluding carboxylic acids is 1. The molecule has 0 saturated carbocycles. The molecule has 0 saturated heterocycles. The van der Waals surface area contributed by atoms with Gasteiger partial charge in [-0.15, -0.1) is 5.10 Å². The van der Waals surface area contributed by atoms with Gasteiger partial charge in [-0.05, 0) is 104 Å². The molecular weight excluding hydrogens is 606 g/mol. The number of aliphatic hydroxyl groups excluding tert-OH is 1. The summed E-state index contributed by atoms with van der Waals surface area (Å²) in [6.45, 7) is 4.97. The summed E-state index contributed by atoms with van der Waals surface area (Å²) in [6, 6.07) is 2.76. The zero-order valence-corrected chi connectivity index (χ0v) is 25.0. The van der Waals surface area contributed by atoms with E-state index in [1.54, 1.807) is 18.7 Å². The van der Waals surface area contributed by atoms with E-state index in [9.17, 15) is 36.2 Å². The van der Waals surface area contributed by atoms with E-state index in [-0.39, 0.29) is 36.8 Å². The van der Waals surface area contributed by atoms with E-state index in [0.29, 0.717) is 49.2 Å². The molecule has 244 valence electrons. The van der Waals surface area contributed by atoms with Gasteiger partial charge in [0.05, 0.1) is 42.1 Å². The molecule has 1 unspecified atom stereocenters. The molecule has 15 heteroatoms. The molecule has 45 heavy (non-hydrogen) atoms. The number of anilines is 2. The van der Waals surface area contributed by atoms with Crippen molar-refractivity contribution in [3.63, 3.8) is 0 Å². The third-order valence-corrected chi connectivity index (χ3v) is 8.05. The van der Waals surface area contributed by atoms with Gasteiger partial charge in [0.25, 0.3) is 5.95 Å². The fraction of sp³-hybridized carbons (Fsp3) is 0.533. The van der Waals surface area contributed by atoms with Crippen LogP contribution in [0.25, 0.3) is 0 Å². The Morgan fingerprint density at radius 1 is 1.04 bits per heavy atom. The zero-order chi connectivity index (χ0) is 32.7. The van der Waals surface area contributed by atoms with Gasteiger partial charge in [0, 0.05) is 13.1 Å². The van der Waals surface area contributed by atoms with Crippen molar-refractivity contribution in [3.8, 4) is 0 Å². The van der Waals surface area contributed by atoms with E-state index in [4.69, 9.17) is 4.74 Å². The van der Waals surface area contributed by atoms with Gasteiger partial charge in [-0.3, -0.25) is 4.90 Å². The Kier molecular flexibility index (Phi) is 9.02. The molecule has 0 fully saturated rings. The quantitative estimate of drug-likeness (QED) is 0.299. The maximum atomic E-state index is 13.8. The molecule has 2 aliphatic rings. The predicted octanol–water partition coefficient (Wildman–Crippen LogP) is 6.39. The van der Waals surface area contributed by atoms with Crippen molar-refractivity contribution in [2.75, 3.05) is 23.0 Å². The highest BCUT2D eigenvalue weighted by Gasteiger charge is 2.39. The second-order valence-corrected chi connectivity index (χ2v) is 11.6. The Labute approximate surface area is 255 Å². The summed E-state index contributed by atoms with van der Waals surface area (Å²) in [6.07, 6.45) is -7.76. The summed E-state index contributed by atoms with van der Waals surface area (Å²) in [5.74, 6) is -0.0401. The topological polar surface area (TPSA) is 96.6 Å². The fourth-order valence-corrected chi connectivity index (χ4v) is 6.22. The number of aliphatic hydroxyl groups is 1. The number of hydrogen-bond donors (Lipinski definition) is 1. The number of alkyl halides is 6. The maximum absolute atomic E-state index is 13.8. The number of rotatable bonds is 7. The fourth-order valence-electron chi connectivity index (χ4n) is 6.22. The number of carbonyl (C=O) groups is 1. The number of nitrogens with zero attached hydrogens (tertiary/aromatic N) is 6. The maximum Gasteiger partial charge on any atom is 0.416 e. The van der Waals surface area contributed by atoms with Gasteiger partial charge in [0.15, 0.2) is 0 Å². The Balaban J connectivity index is 1.69. The van der Waals surface area contributed by atoms with Gasteiger partial charge in [-0.25, -0.2) is 4.79 Å². The first-order valence-corrected chi connectivity index (χ1v) is 14.7. The monoisotopic (exact) mass is 640 g/mol. The van der Waals surface area contributed by atoms with Crippen LogP contribution in [0.3, 0.4) is 0 Å². The van der Waals surface area contributed by atoms with Crippen molar-refractivity contribution >= 4 is 17.7 Å². The van der Waals surface area contributed by atoms with Crippen LogP contribution in [0.15, 0.2) is 24.3 Å². The van der Waals surface area contributed by atoms with Crippen LogP contribution >= 0.6 is 0 Å². The van der Waals surface area contributed by atoms with Gasteiger partial charge in [-0.2, -0.15) is 31.1 Å². The average Bonchev–Trinajstić information content (AvgIpc) is 3.58. The van der Waals surface area contributed by atoms with E-state index in [1.807, 2.05) is 13.0 Å². The number of aromatic nitrogens is 4. The molecule has 1 N–H and O–H groups in total. The Morgan fingerprint density at radius 2 is 1.71 bits per heavy atom. The smallest absolute Gasteiger partial charge is 0.416 e. The van der Waals surface area contributed by atoms with Crippen LogP contribution in [0.4, 0.5) is 42.8 Å². The number of hydrogen-bond acceptors (Lipinski definition) is 7. The van der Waals surface area contributed by atoms with Crippen LogP contribution in [0.1, 0.15) is 78.1 Å². The molecule has 1 amide bonds. The highest BCUT2D eigenvalue weighted by Crippen LogP contribution is 2.46. The van der Waals surface area contributed by atoms with Crippen LogP contribution in [0.5, 0.6) is 0 Å². The molecule has 0 radical (unpaired) electrons. The van der Waals surface area contributed by atoms with E-state index in [2.05, 4.69) is 15.4 Å². The number of tetrazole rings is 1. The van der Waals surface area contributed by atoms with E-state index in [0.717, 1.165) is 34.3 Å². The van der Waals surface area contributed by atoms with Crippen molar-refractivity contribution in [3.05, 3.63) is 63.2 Å². The Hall–Kier alpha value is -3.88. The van der Waals surface area contributed by atoms with Crippen LogP contribution < -0.4 is 9.80 Å². The molecule has 5 rings (SSSR count). The first-order valence-electron chi connectivity index (χ1n) is 14.7. The Morgan fingerprint density at radius 3 is 2.33 bits per heavy atom. The first-order chi connectivity index (χ1) is 21.2. The van der Waals surface area contributed by atoms with E-state index < -0.39 is 42.2 Å². The molecular formula is C30H34F6N6O3. The standard InChI is InChI=1S/C30H34F6N6O3/c1-17(2)45-28(44)40-9-5-8-25(24-12-18(3)22-6-4-7-23(22)26(24)40)41(27-37-39-42(38-27)10-11-43)16-19-13-20(29(31,32)33)15-21(14-19)30(34,35)36/h12-15,17,25,43H,4-11,16H2,1-3H3. The summed E-state index contributed by atoms with van der Waals surface area (Å²) in [5.41, 5.74) is 1.28. The largest absolute Gasteiger partial charge is 0.446 e. The highest BCUT2D eigenvalue weighted by molar-refractivity contribution is 5.91. The number of aryl methyl sites for hydroxylation is 1. The first kappa shape index (κ1) is 32.5. The molecule has 1 aliphatic carbocycles. The Bertz CT molecular complexity index is 1520. The average molecular weight is 641 g/mol. The van der Waals surface area contributed by atoms with Gasteiger partial charge in [0.2, 0.25) is 0 Å². The van der Waals surface area contributed by atoms with Gasteiger partial charge < -0.3 is 14.7 Å². The third kappa shape index (κ3) is 6.87. The number of amides is 1. The highest BCUT2D eigenvalue weighted by atomic mass is 19.4. The summed E-state index contributed by atoms with van der Waals surface area (Å²) in [5, 5.41) is 21.7. The minimum Gasteiger partial charge on any atom is -0.446 e. The number of ether oxygens (including phenoxy) is 1. The lowest BCUT2D eigenvalue weighted by Crippen LogP contribution is -2.35. The molecule has 2 aromatic carbocycles. The molecule has 1 aliphatic heterocycles.